The fraction of sp³-hybridized carbons (Fsp3) is 1.00. The zero-order valence-corrected chi connectivity index (χ0v) is 12.2. The predicted octanol–water partition coefficient (Wildman–Crippen LogP) is 3.92. The van der Waals surface area contributed by atoms with E-state index in [1.807, 2.05) is 0 Å². The van der Waals surface area contributed by atoms with Crippen LogP contribution in [0, 0.1) is 35.5 Å². The molecule has 0 bridgehead atoms. The number of hydrogen-bond donors (Lipinski definition) is 1. The van der Waals surface area contributed by atoms with Crippen LogP contribution in [0.5, 0.6) is 0 Å². The molecule has 6 unspecified atom stereocenters. The van der Waals surface area contributed by atoms with Crippen molar-refractivity contribution in [2.45, 2.75) is 60.4 Å². The molecule has 0 aromatic heterocycles. The molecule has 0 saturated heterocycles. The number of hydrogen-bond acceptors (Lipinski definition) is 1. The second-order valence-corrected chi connectivity index (χ2v) is 6.83. The molecule has 16 heavy (non-hydrogen) atoms. The summed E-state index contributed by atoms with van der Waals surface area (Å²) in [6, 6.07) is 0. The first-order valence-corrected chi connectivity index (χ1v) is 7.00. The van der Waals surface area contributed by atoms with Crippen LogP contribution < -0.4 is 5.73 Å². The highest BCUT2D eigenvalue weighted by Gasteiger charge is 2.51. The Hall–Kier alpha value is -0.0400. The summed E-state index contributed by atoms with van der Waals surface area (Å²) in [5.74, 6) is 4.38. The Bertz CT molecular complexity index is 236. The predicted molar refractivity (Wildman–Crippen MR) is 72.2 cm³/mol. The molecule has 1 nitrogen and oxygen atoms in total. The maximum absolute atomic E-state index is 6.62. The van der Waals surface area contributed by atoms with Gasteiger partial charge in [-0.2, -0.15) is 0 Å². The molecule has 0 amide bonds. The van der Waals surface area contributed by atoms with E-state index < -0.39 is 0 Å². The van der Waals surface area contributed by atoms with Gasteiger partial charge in [0.1, 0.15) is 0 Å². The smallest absolute Gasteiger partial charge is 0.0214 e. The minimum atomic E-state index is 0.0992. The van der Waals surface area contributed by atoms with Crippen LogP contribution in [0.25, 0.3) is 0 Å². The average molecular weight is 225 g/mol. The van der Waals surface area contributed by atoms with Crippen LogP contribution in [-0.2, 0) is 0 Å². The molecule has 0 aromatic rings. The molecule has 1 rings (SSSR count). The summed E-state index contributed by atoms with van der Waals surface area (Å²) >= 11 is 0. The van der Waals surface area contributed by atoms with Gasteiger partial charge < -0.3 is 5.73 Å². The van der Waals surface area contributed by atoms with Crippen LogP contribution >= 0.6 is 0 Å². The molecule has 0 aliphatic heterocycles. The largest absolute Gasteiger partial charge is 0.325 e. The Morgan fingerprint density at radius 3 is 1.81 bits per heavy atom. The van der Waals surface area contributed by atoms with Gasteiger partial charge in [0.2, 0.25) is 0 Å². The van der Waals surface area contributed by atoms with Crippen molar-refractivity contribution in [3.63, 3.8) is 0 Å². The Kier molecular flexibility index (Phi) is 4.10. The van der Waals surface area contributed by atoms with E-state index in [4.69, 9.17) is 5.73 Å². The highest BCUT2D eigenvalue weighted by molar-refractivity contribution is 5.06. The van der Waals surface area contributed by atoms with E-state index in [1.54, 1.807) is 0 Å². The van der Waals surface area contributed by atoms with Crippen LogP contribution in [0.3, 0.4) is 0 Å². The third-order valence-corrected chi connectivity index (χ3v) is 5.89. The first kappa shape index (κ1) is 14.0. The zero-order valence-electron chi connectivity index (χ0n) is 12.2. The Balaban J connectivity index is 2.68. The molecule has 1 aliphatic carbocycles. The molecule has 0 spiro atoms. The van der Waals surface area contributed by atoms with Crippen LogP contribution in [-0.4, -0.2) is 5.54 Å². The van der Waals surface area contributed by atoms with E-state index in [2.05, 4.69) is 48.5 Å². The van der Waals surface area contributed by atoms with Crippen molar-refractivity contribution >= 4 is 0 Å². The summed E-state index contributed by atoms with van der Waals surface area (Å²) in [6.45, 7) is 16.4. The van der Waals surface area contributed by atoms with Gasteiger partial charge in [-0.25, -0.2) is 0 Å². The Morgan fingerprint density at radius 2 is 1.50 bits per heavy atom. The first-order chi connectivity index (χ1) is 7.21. The van der Waals surface area contributed by atoms with Gasteiger partial charge in [-0.05, 0) is 41.9 Å². The van der Waals surface area contributed by atoms with Gasteiger partial charge in [0, 0.05) is 5.54 Å². The van der Waals surface area contributed by atoms with Gasteiger partial charge >= 0.3 is 0 Å². The minimum Gasteiger partial charge on any atom is -0.325 e. The molecule has 0 heterocycles. The van der Waals surface area contributed by atoms with E-state index in [9.17, 15) is 0 Å². The van der Waals surface area contributed by atoms with E-state index >= 15 is 0 Å². The van der Waals surface area contributed by atoms with E-state index in [1.165, 1.54) is 6.42 Å². The summed E-state index contributed by atoms with van der Waals surface area (Å²) in [4.78, 5) is 0. The summed E-state index contributed by atoms with van der Waals surface area (Å²) in [6.07, 6.45) is 1.21. The van der Waals surface area contributed by atoms with Crippen molar-refractivity contribution in [1.82, 2.24) is 0 Å². The molecule has 96 valence electrons. The normalized spacial score (nSPS) is 40.3. The average Bonchev–Trinajstić information content (AvgIpc) is 2.25. The maximum Gasteiger partial charge on any atom is 0.0214 e. The molecule has 6 atom stereocenters. The monoisotopic (exact) mass is 225 g/mol. The van der Waals surface area contributed by atoms with Crippen molar-refractivity contribution in [2.75, 3.05) is 0 Å². The lowest BCUT2D eigenvalue weighted by Crippen LogP contribution is -2.64. The van der Waals surface area contributed by atoms with Gasteiger partial charge in [-0.15, -0.1) is 0 Å². The minimum absolute atomic E-state index is 0.0992. The van der Waals surface area contributed by atoms with Crippen molar-refractivity contribution in [3.8, 4) is 0 Å². The molecule has 2 N–H and O–H groups in total. The Morgan fingerprint density at radius 1 is 1.00 bits per heavy atom. The van der Waals surface area contributed by atoms with Gasteiger partial charge in [0.15, 0.2) is 0 Å². The second kappa shape index (κ2) is 4.68. The quantitative estimate of drug-likeness (QED) is 0.771. The topological polar surface area (TPSA) is 26.0 Å². The highest BCUT2D eigenvalue weighted by atomic mass is 14.8. The van der Waals surface area contributed by atoms with Crippen LogP contribution in [0.1, 0.15) is 54.9 Å². The SMILES string of the molecule is CC(C)C(C)C(C)C(C)C1(N)CC(C)C1C. The van der Waals surface area contributed by atoms with Crippen molar-refractivity contribution in [3.05, 3.63) is 0 Å². The van der Waals surface area contributed by atoms with Gasteiger partial charge in [0.25, 0.3) is 0 Å². The second-order valence-electron chi connectivity index (χ2n) is 6.83. The molecular formula is C15H31N. The van der Waals surface area contributed by atoms with Crippen molar-refractivity contribution in [1.29, 1.82) is 0 Å². The highest BCUT2D eigenvalue weighted by Crippen LogP contribution is 2.49. The van der Waals surface area contributed by atoms with Gasteiger partial charge in [-0.3, -0.25) is 0 Å². The molecule has 0 radical (unpaired) electrons. The fourth-order valence-electron chi connectivity index (χ4n) is 3.44. The lowest BCUT2D eigenvalue weighted by Gasteiger charge is -2.56. The first-order valence-electron chi connectivity index (χ1n) is 7.00. The number of rotatable bonds is 4. The van der Waals surface area contributed by atoms with Crippen LogP contribution in [0.15, 0.2) is 0 Å². The van der Waals surface area contributed by atoms with Gasteiger partial charge in [-0.1, -0.05) is 48.5 Å². The molecule has 1 fully saturated rings. The summed E-state index contributed by atoms with van der Waals surface area (Å²) in [7, 11) is 0. The maximum atomic E-state index is 6.62. The molecule has 1 aliphatic rings. The van der Waals surface area contributed by atoms with Crippen molar-refractivity contribution < 1.29 is 0 Å². The zero-order chi connectivity index (χ0) is 12.7. The summed E-state index contributed by atoms with van der Waals surface area (Å²) in [5.41, 5.74) is 6.72. The molecule has 1 saturated carbocycles. The van der Waals surface area contributed by atoms with Crippen LogP contribution in [0.4, 0.5) is 0 Å². The third kappa shape index (κ3) is 2.16. The van der Waals surface area contributed by atoms with E-state index in [0.717, 1.165) is 23.7 Å². The van der Waals surface area contributed by atoms with Crippen LogP contribution in [0.2, 0.25) is 0 Å². The summed E-state index contributed by atoms with van der Waals surface area (Å²) in [5, 5.41) is 0. The lowest BCUT2D eigenvalue weighted by molar-refractivity contribution is -0.0155. The summed E-state index contributed by atoms with van der Waals surface area (Å²) < 4.78 is 0. The number of nitrogens with two attached hydrogens (primary N) is 1. The molecular weight excluding hydrogens is 194 g/mol. The van der Waals surface area contributed by atoms with Crippen molar-refractivity contribution in [2.24, 2.45) is 41.2 Å². The van der Waals surface area contributed by atoms with Gasteiger partial charge in [0.05, 0.1) is 0 Å². The molecule has 0 aromatic carbocycles. The standard InChI is InChI=1S/C15H31N/c1-9(2)11(4)12(5)14(7)15(16)8-10(3)13(15)6/h9-14H,8,16H2,1-7H3. The van der Waals surface area contributed by atoms with E-state index in [0.29, 0.717) is 11.8 Å². The van der Waals surface area contributed by atoms with E-state index in [-0.39, 0.29) is 5.54 Å². The fourth-order valence-corrected chi connectivity index (χ4v) is 3.44. The Labute approximate surface area is 102 Å². The third-order valence-electron chi connectivity index (χ3n) is 5.89. The lowest BCUT2D eigenvalue weighted by atomic mass is 9.53. The molecule has 1 heteroatoms.